The number of nitrogens with one attached hydrogen (secondary N) is 2. The molecule has 0 bridgehead atoms. The van der Waals surface area contributed by atoms with Crippen LogP contribution in [0.3, 0.4) is 0 Å². The molecule has 9 nitrogen and oxygen atoms in total. The average Bonchev–Trinajstić information content (AvgIpc) is 3.25. The summed E-state index contributed by atoms with van der Waals surface area (Å²) in [5.74, 6) is -0.0901. The van der Waals surface area contributed by atoms with E-state index in [1.807, 2.05) is 0 Å². The number of aromatic nitrogens is 2. The van der Waals surface area contributed by atoms with E-state index in [2.05, 4.69) is 15.3 Å². The smallest absolute Gasteiger partial charge is 0.348 e. The summed E-state index contributed by atoms with van der Waals surface area (Å²) in [5, 5.41) is 3.56. The van der Waals surface area contributed by atoms with Gasteiger partial charge in [0.15, 0.2) is 23.9 Å². The standard InChI is InChI=1S/C26H21Cl2N3O6S/c1-13-21-24(33)30-23(31-25(21)38-22(13)26(34)36-3)16(28)10-14-8-9-18(19(11-14)35-2)37-12-20(32)29-17-7-5-4-6-15(17)27/h4-11H,12H2,1-3H3,(H,29,32)(H,30,31,33). The van der Waals surface area contributed by atoms with Gasteiger partial charge < -0.3 is 24.5 Å². The second kappa shape index (κ2) is 11.7. The van der Waals surface area contributed by atoms with Gasteiger partial charge in [0.05, 0.1) is 35.3 Å². The van der Waals surface area contributed by atoms with Crippen molar-refractivity contribution in [3.8, 4) is 11.5 Å². The van der Waals surface area contributed by atoms with E-state index in [9.17, 15) is 14.4 Å². The van der Waals surface area contributed by atoms with Crippen LogP contribution in [0.2, 0.25) is 5.02 Å². The van der Waals surface area contributed by atoms with Crippen molar-refractivity contribution >= 4 is 73.4 Å². The molecule has 0 spiro atoms. The van der Waals surface area contributed by atoms with E-state index in [-0.39, 0.29) is 17.5 Å². The molecule has 196 valence electrons. The Hall–Kier alpha value is -3.86. The predicted molar refractivity (Wildman–Crippen MR) is 149 cm³/mol. The lowest BCUT2D eigenvalue weighted by Gasteiger charge is -2.12. The topological polar surface area (TPSA) is 120 Å². The molecule has 0 aliphatic heterocycles. The lowest BCUT2D eigenvalue weighted by molar-refractivity contribution is -0.118. The van der Waals surface area contributed by atoms with Gasteiger partial charge in [0.1, 0.15) is 9.71 Å². The third-order valence-electron chi connectivity index (χ3n) is 5.39. The van der Waals surface area contributed by atoms with Gasteiger partial charge in [-0.05, 0) is 48.4 Å². The molecule has 0 unspecified atom stereocenters. The summed E-state index contributed by atoms with van der Waals surface area (Å²) in [6.45, 7) is 1.39. The van der Waals surface area contributed by atoms with Crippen LogP contribution in [-0.4, -0.2) is 42.7 Å². The molecule has 0 atom stereocenters. The number of nitrogens with zero attached hydrogens (tertiary/aromatic N) is 1. The summed E-state index contributed by atoms with van der Waals surface area (Å²) in [5.41, 5.74) is 1.18. The molecule has 4 rings (SSSR count). The zero-order valence-corrected chi connectivity index (χ0v) is 22.7. The van der Waals surface area contributed by atoms with E-state index in [0.29, 0.717) is 48.4 Å². The van der Waals surface area contributed by atoms with Gasteiger partial charge in [-0.25, -0.2) is 9.78 Å². The van der Waals surface area contributed by atoms with E-state index < -0.39 is 17.4 Å². The number of fused-ring (bicyclic) bond motifs is 1. The van der Waals surface area contributed by atoms with Gasteiger partial charge in [-0.15, -0.1) is 11.3 Å². The number of carbonyl (C=O) groups excluding carboxylic acids is 2. The Morgan fingerprint density at radius 1 is 1.16 bits per heavy atom. The molecule has 12 heteroatoms. The number of hydrogen-bond donors (Lipinski definition) is 2. The first-order chi connectivity index (χ1) is 18.2. The van der Waals surface area contributed by atoms with Crippen LogP contribution in [0, 0.1) is 6.92 Å². The molecule has 0 radical (unpaired) electrons. The first-order valence-electron chi connectivity index (χ1n) is 11.1. The number of amides is 1. The normalized spacial score (nSPS) is 11.3. The van der Waals surface area contributed by atoms with Crippen molar-refractivity contribution in [3.63, 3.8) is 0 Å². The van der Waals surface area contributed by atoms with Gasteiger partial charge in [-0.1, -0.05) is 41.4 Å². The molecule has 0 fully saturated rings. The van der Waals surface area contributed by atoms with E-state index in [4.69, 9.17) is 37.4 Å². The van der Waals surface area contributed by atoms with Gasteiger partial charge in [0, 0.05) is 0 Å². The van der Waals surface area contributed by atoms with Crippen LogP contribution in [0.5, 0.6) is 11.5 Å². The largest absolute Gasteiger partial charge is 0.493 e. The van der Waals surface area contributed by atoms with Gasteiger partial charge in [-0.2, -0.15) is 0 Å². The van der Waals surface area contributed by atoms with Gasteiger partial charge in [-0.3, -0.25) is 9.59 Å². The van der Waals surface area contributed by atoms with Crippen LogP contribution in [0.4, 0.5) is 5.69 Å². The monoisotopic (exact) mass is 573 g/mol. The van der Waals surface area contributed by atoms with Crippen molar-refractivity contribution in [3.05, 3.63) is 79.7 Å². The number of methoxy groups -OCH3 is 2. The molecule has 0 saturated heterocycles. The minimum atomic E-state index is -0.538. The minimum absolute atomic E-state index is 0.136. The summed E-state index contributed by atoms with van der Waals surface area (Å²) in [7, 11) is 2.74. The summed E-state index contributed by atoms with van der Waals surface area (Å²) in [6, 6.07) is 11.9. The highest BCUT2D eigenvalue weighted by Crippen LogP contribution is 2.32. The van der Waals surface area contributed by atoms with Crippen molar-refractivity contribution in [1.82, 2.24) is 9.97 Å². The number of esters is 1. The molecular formula is C26H21Cl2N3O6S. The Labute approximate surface area is 231 Å². The molecule has 2 N–H and O–H groups in total. The quantitative estimate of drug-likeness (QED) is 0.267. The number of aryl methyl sites for hydroxylation is 1. The number of ether oxygens (including phenoxy) is 3. The fourth-order valence-electron chi connectivity index (χ4n) is 3.54. The maximum absolute atomic E-state index is 12.7. The first-order valence-corrected chi connectivity index (χ1v) is 12.6. The number of rotatable bonds is 8. The molecule has 0 saturated carbocycles. The number of carbonyl (C=O) groups is 2. The number of benzene rings is 2. The maximum Gasteiger partial charge on any atom is 0.348 e. The van der Waals surface area contributed by atoms with Gasteiger partial charge in [0.2, 0.25) is 0 Å². The number of halogens is 2. The van der Waals surface area contributed by atoms with Crippen LogP contribution in [0.15, 0.2) is 47.3 Å². The summed E-state index contributed by atoms with van der Waals surface area (Å²) in [4.78, 5) is 44.7. The molecule has 4 aromatic rings. The van der Waals surface area contributed by atoms with E-state index >= 15 is 0 Å². The fraction of sp³-hybridized carbons (Fsp3) is 0.154. The second-order valence-corrected chi connectivity index (χ2v) is 9.68. The zero-order valence-electron chi connectivity index (χ0n) is 20.4. The second-order valence-electron chi connectivity index (χ2n) is 7.86. The third kappa shape index (κ3) is 5.83. The molecular weight excluding hydrogens is 553 g/mol. The van der Waals surface area contributed by atoms with Crippen molar-refractivity contribution in [1.29, 1.82) is 0 Å². The van der Waals surface area contributed by atoms with Crippen LogP contribution in [0.1, 0.15) is 26.6 Å². The van der Waals surface area contributed by atoms with Crippen molar-refractivity contribution in [2.24, 2.45) is 0 Å². The van der Waals surface area contributed by atoms with Crippen molar-refractivity contribution in [2.45, 2.75) is 6.92 Å². The first kappa shape index (κ1) is 27.2. The lowest BCUT2D eigenvalue weighted by Crippen LogP contribution is -2.20. The summed E-state index contributed by atoms with van der Waals surface area (Å²) in [6.07, 6.45) is 1.59. The maximum atomic E-state index is 12.7. The zero-order chi connectivity index (χ0) is 27.4. The highest BCUT2D eigenvalue weighted by molar-refractivity contribution is 7.20. The number of hydrogen-bond acceptors (Lipinski definition) is 8. The Morgan fingerprint density at radius 3 is 2.63 bits per heavy atom. The summed E-state index contributed by atoms with van der Waals surface area (Å²) >= 11 is 13.6. The minimum Gasteiger partial charge on any atom is -0.493 e. The Kier molecular flexibility index (Phi) is 8.35. The molecule has 2 heterocycles. The average molecular weight is 574 g/mol. The molecule has 2 aromatic heterocycles. The molecule has 2 aromatic carbocycles. The van der Waals surface area contributed by atoms with Crippen molar-refractivity contribution < 1.29 is 23.8 Å². The highest BCUT2D eigenvalue weighted by Gasteiger charge is 2.20. The number of aromatic amines is 1. The summed E-state index contributed by atoms with van der Waals surface area (Å²) < 4.78 is 15.8. The molecule has 0 aliphatic carbocycles. The molecule has 1 amide bonds. The van der Waals surface area contributed by atoms with E-state index in [1.54, 1.807) is 55.5 Å². The molecule has 0 aliphatic rings. The van der Waals surface area contributed by atoms with Gasteiger partial charge in [0.25, 0.3) is 11.5 Å². The predicted octanol–water partition coefficient (Wildman–Crippen LogP) is 5.50. The highest BCUT2D eigenvalue weighted by atomic mass is 35.5. The third-order valence-corrected chi connectivity index (χ3v) is 7.17. The van der Waals surface area contributed by atoms with Crippen LogP contribution in [-0.2, 0) is 9.53 Å². The van der Waals surface area contributed by atoms with Crippen LogP contribution < -0.4 is 20.3 Å². The Morgan fingerprint density at radius 2 is 1.92 bits per heavy atom. The number of para-hydroxylation sites is 1. The van der Waals surface area contributed by atoms with Crippen LogP contribution >= 0.6 is 34.5 Å². The number of anilines is 1. The van der Waals surface area contributed by atoms with Crippen LogP contribution in [0.25, 0.3) is 21.3 Å². The SMILES string of the molecule is COC(=O)c1sc2nc(C(Cl)=Cc3ccc(OCC(=O)Nc4ccccc4Cl)c(OC)c3)[nH]c(=O)c2c1C. The van der Waals surface area contributed by atoms with Gasteiger partial charge >= 0.3 is 5.97 Å². The van der Waals surface area contributed by atoms with Crippen molar-refractivity contribution in [2.75, 3.05) is 26.1 Å². The Balaban J connectivity index is 1.53. The van der Waals surface area contributed by atoms with E-state index in [0.717, 1.165) is 11.3 Å². The number of H-pyrrole nitrogens is 1. The number of thiophene rings is 1. The molecule has 38 heavy (non-hydrogen) atoms. The Bertz CT molecular complexity index is 1630. The van der Waals surface area contributed by atoms with E-state index in [1.165, 1.54) is 14.2 Å². The lowest BCUT2D eigenvalue weighted by atomic mass is 10.2. The fourth-order valence-corrected chi connectivity index (χ4v) is 5.04.